The van der Waals surface area contributed by atoms with E-state index in [9.17, 15) is 19.6 Å². The standard InChI is InChI=1S/C29H24ClN5O3/c30-18-9-7-17(8-10-18)29(11-3-4-12-29)27(37)33-16-19-13-23(33)25-26(36)35(28(38)34(19)25)24-15-32-22(14-31)20-5-1-2-6-21(20)24/h1-2,5-10,15,19,23,25H,3-4,11-13,16H2/t19-,23?,25-/m1/s1. The van der Waals surface area contributed by atoms with Crippen molar-refractivity contribution < 1.29 is 14.4 Å². The van der Waals surface area contributed by atoms with Crippen molar-refractivity contribution in [2.24, 2.45) is 0 Å². The Hall–Kier alpha value is -3.96. The van der Waals surface area contributed by atoms with Crippen molar-refractivity contribution in [3.05, 3.63) is 71.0 Å². The molecule has 0 N–H and O–H groups in total. The van der Waals surface area contributed by atoms with Gasteiger partial charge in [0.05, 0.1) is 29.4 Å². The van der Waals surface area contributed by atoms with Gasteiger partial charge in [0.1, 0.15) is 17.8 Å². The van der Waals surface area contributed by atoms with Crippen LogP contribution in [0.5, 0.6) is 0 Å². The number of amides is 4. The molecule has 4 amide bonds. The van der Waals surface area contributed by atoms with Gasteiger partial charge in [0.2, 0.25) is 5.91 Å². The molecule has 2 bridgehead atoms. The number of pyridine rings is 1. The first-order valence-electron chi connectivity index (χ1n) is 13.0. The fraction of sp³-hybridized carbons (Fsp3) is 0.345. The first-order chi connectivity index (χ1) is 18.4. The molecule has 3 saturated heterocycles. The fourth-order valence-electron chi connectivity index (χ4n) is 7.21. The third-order valence-electron chi connectivity index (χ3n) is 8.91. The minimum Gasteiger partial charge on any atom is -0.334 e. The van der Waals surface area contributed by atoms with Crippen LogP contribution in [0.2, 0.25) is 5.02 Å². The van der Waals surface area contributed by atoms with Crippen LogP contribution in [0.15, 0.2) is 54.7 Å². The number of carbonyl (C=O) groups excluding carboxylic acids is 3. The largest absolute Gasteiger partial charge is 0.334 e. The second kappa shape index (κ2) is 8.27. The molecule has 7 rings (SSSR count). The van der Waals surface area contributed by atoms with Gasteiger partial charge in [-0.3, -0.25) is 9.59 Å². The van der Waals surface area contributed by atoms with Crippen LogP contribution in [-0.4, -0.2) is 57.3 Å². The van der Waals surface area contributed by atoms with E-state index < -0.39 is 11.5 Å². The number of aromatic nitrogens is 1. The number of nitrogens with zero attached hydrogens (tertiary/aromatic N) is 5. The lowest BCUT2D eigenvalue weighted by atomic mass is 9.77. The number of nitriles is 1. The molecule has 3 atom stereocenters. The van der Waals surface area contributed by atoms with E-state index in [1.165, 1.54) is 11.1 Å². The Labute approximate surface area is 224 Å². The molecular weight excluding hydrogens is 502 g/mol. The predicted molar refractivity (Wildman–Crippen MR) is 140 cm³/mol. The number of halogens is 1. The summed E-state index contributed by atoms with van der Waals surface area (Å²) in [4.78, 5) is 50.7. The molecule has 3 aliphatic heterocycles. The highest BCUT2D eigenvalue weighted by Crippen LogP contribution is 2.48. The number of likely N-dealkylation sites (tertiary alicyclic amines) is 1. The van der Waals surface area contributed by atoms with Gasteiger partial charge in [-0.1, -0.05) is 60.8 Å². The molecule has 4 aliphatic rings. The van der Waals surface area contributed by atoms with Crippen molar-refractivity contribution in [2.75, 3.05) is 11.4 Å². The molecule has 3 aromatic rings. The molecule has 4 fully saturated rings. The minimum absolute atomic E-state index is 0.0497. The number of fused-ring (bicyclic) bond motifs is 6. The second-order valence-electron chi connectivity index (χ2n) is 10.7. The van der Waals surface area contributed by atoms with Gasteiger partial charge in [0.15, 0.2) is 0 Å². The van der Waals surface area contributed by atoms with E-state index in [0.29, 0.717) is 34.4 Å². The van der Waals surface area contributed by atoms with Gasteiger partial charge in [-0.05, 0) is 37.0 Å². The maximum atomic E-state index is 14.2. The molecule has 2 aromatic carbocycles. The van der Waals surface area contributed by atoms with Gasteiger partial charge in [0.25, 0.3) is 5.91 Å². The number of piperazine rings is 1. The van der Waals surface area contributed by atoms with Gasteiger partial charge >= 0.3 is 6.03 Å². The fourth-order valence-corrected chi connectivity index (χ4v) is 7.33. The minimum atomic E-state index is -0.719. The van der Waals surface area contributed by atoms with Crippen LogP contribution in [0.3, 0.4) is 0 Å². The van der Waals surface area contributed by atoms with E-state index in [-0.39, 0.29) is 35.6 Å². The van der Waals surface area contributed by atoms with Gasteiger partial charge in [-0.15, -0.1) is 0 Å². The predicted octanol–water partition coefficient (Wildman–Crippen LogP) is 4.39. The zero-order chi connectivity index (χ0) is 26.2. The molecule has 190 valence electrons. The first kappa shape index (κ1) is 23.2. The van der Waals surface area contributed by atoms with E-state index in [1.54, 1.807) is 29.2 Å². The maximum absolute atomic E-state index is 14.2. The van der Waals surface area contributed by atoms with Gasteiger partial charge < -0.3 is 9.80 Å². The van der Waals surface area contributed by atoms with Crippen molar-refractivity contribution >= 4 is 45.9 Å². The smallest absolute Gasteiger partial charge is 0.332 e. The summed E-state index contributed by atoms with van der Waals surface area (Å²) in [5.74, 6) is -0.294. The summed E-state index contributed by atoms with van der Waals surface area (Å²) in [5, 5.41) is 11.3. The summed E-state index contributed by atoms with van der Waals surface area (Å²) in [6.07, 6.45) is 5.49. The van der Waals surface area contributed by atoms with Crippen molar-refractivity contribution in [3.8, 4) is 6.07 Å². The number of urea groups is 1. The van der Waals surface area contributed by atoms with Crippen LogP contribution in [0.1, 0.15) is 43.4 Å². The van der Waals surface area contributed by atoms with E-state index in [0.717, 1.165) is 31.2 Å². The SMILES string of the molecule is N#Cc1ncc(N2C(=O)[C@H]3C4C[C@H](CN4C(=O)C4(c5ccc(Cl)cc5)CCCC4)N3C2=O)c2ccccc12. The number of hydrogen-bond donors (Lipinski definition) is 0. The second-order valence-corrected chi connectivity index (χ2v) is 11.1. The first-order valence-corrected chi connectivity index (χ1v) is 13.3. The van der Waals surface area contributed by atoms with Crippen molar-refractivity contribution in [1.82, 2.24) is 14.8 Å². The zero-order valence-electron chi connectivity index (χ0n) is 20.5. The molecule has 8 nitrogen and oxygen atoms in total. The van der Waals surface area contributed by atoms with Gasteiger partial charge in [-0.2, -0.15) is 5.26 Å². The molecular formula is C29H24ClN5O3. The van der Waals surface area contributed by atoms with Crippen LogP contribution >= 0.6 is 11.6 Å². The third-order valence-corrected chi connectivity index (χ3v) is 9.16. The van der Waals surface area contributed by atoms with Crippen LogP contribution in [0.4, 0.5) is 10.5 Å². The normalized spacial score (nSPS) is 25.4. The summed E-state index contributed by atoms with van der Waals surface area (Å²) in [7, 11) is 0. The van der Waals surface area contributed by atoms with Crippen molar-refractivity contribution in [3.63, 3.8) is 0 Å². The Kier molecular flexibility index (Phi) is 5.04. The highest BCUT2D eigenvalue weighted by atomic mass is 35.5. The summed E-state index contributed by atoms with van der Waals surface area (Å²) in [5.41, 5.74) is 0.951. The highest BCUT2D eigenvalue weighted by Gasteiger charge is 2.64. The van der Waals surface area contributed by atoms with E-state index >= 15 is 0 Å². The Morgan fingerprint density at radius 3 is 2.47 bits per heavy atom. The Bertz CT molecular complexity index is 1560. The number of benzene rings is 2. The van der Waals surface area contributed by atoms with Crippen molar-refractivity contribution in [1.29, 1.82) is 5.26 Å². The number of hydrogen-bond acceptors (Lipinski definition) is 5. The summed E-state index contributed by atoms with van der Waals surface area (Å²) in [6, 6.07) is 15.1. The molecule has 9 heteroatoms. The molecule has 0 radical (unpaired) electrons. The quantitative estimate of drug-likeness (QED) is 0.472. The molecule has 1 aromatic heterocycles. The number of carbonyl (C=O) groups is 3. The van der Waals surface area contributed by atoms with Crippen molar-refractivity contribution in [2.45, 2.75) is 55.6 Å². The van der Waals surface area contributed by atoms with E-state index in [2.05, 4.69) is 11.1 Å². The summed E-state index contributed by atoms with van der Waals surface area (Å²) < 4.78 is 0. The Morgan fingerprint density at radius 2 is 1.76 bits per heavy atom. The lowest BCUT2D eigenvalue weighted by Gasteiger charge is -2.40. The Balaban J connectivity index is 1.24. The molecule has 1 aliphatic carbocycles. The van der Waals surface area contributed by atoms with Crippen LogP contribution in [0.25, 0.3) is 10.8 Å². The van der Waals surface area contributed by atoms with Gasteiger partial charge in [-0.25, -0.2) is 14.7 Å². The summed E-state index contributed by atoms with van der Waals surface area (Å²) >= 11 is 6.13. The zero-order valence-corrected chi connectivity index (χ0v) is 21.3. The van der Waals surface area contributed by atoms with Crippen LogP contribution in [-0.2, 0) is 15.0 Å². The average Bonchev–Trinajstić information content (AvgIpc) is 3.72. The maximum Gasteiger partial charge on any atom is 0.332 e. The number of anilines is 1. The third kappa shape index (κ3) is 3.02. The molecule has 1 unspecified atom stereocenters. The molecule has 1 saturated carbocycles. The van der Waals surface area contributed by atoms with Gasteiger partial charge in [0, 0.05) is 22.3 Å². The monoisotopic (exact) mass is 525 g/mol. The lowest BCUT2D eigenvalue weighted by Crippen LogP contribution is -2.58. The van der Waals surface area contributed by atoms with E-state index in [4.69, 9.17) is 11.6 Å². The molecule has 38 heavy (non-hydrogen) atoms. The van der Waals surface area contributed by atoms with Crippen LogP contribution in [0, 0.1) is 11.3 Å². The Morgan fingerprint density at radius 1 is 1.05 bits per heavy atom. The highest BCUT2D eigenvalue weighted by molar-refractivity contribution is 6.30. The number of rotatable bonds is 3. The lowest BCUT2D eigenvalue weighted by molar-refractivity contribution is -0.141. The van der Waals surface area contributed by atoms with Crippen LogP contribution < -0.4 is 4.90 Å². The topological polar surface area (TPSA) is 97.6 Å². The average molecular weight is 526 g/mol. The summed E-state index contributed by atoms with van der Waals surface area (Å²) in [6.45, 7) is 0.425. The number of imide groups is 1. The van der Waals surface area contributed by atoms with E-state index in [1.807, 2.05) is 29.2 Å². The molecule has 0 spiro atoms. The molecule has 4 heterocycles.